The largest absolute Gasteiger partial charge is 0.382 e. The number of Topliss-reactive ketones (excluding diaryl/α,β-unsaturated/α-hetero) is 1. The summed E-state index contributed by atoms with van der Waals surface area (Å²) in [7, 11) is 0. The Morgan fingerprint density at radius 1 is 1.18 bits per heavy atom. The lowest BCUT2D eigenvalue weighted by atomic mass is 9.94. The second-order valence-corrected chi connectivity index (χ2v) is 9.22. The lowest BCUT2D eigenvalue weighted by Gasteiger charge is -2.33. The van der Waals surface area contributed by atoms with Gasteiger partial charge in [-0.2, -0.15) is 0 Å². The Morgan fingerprint density at radius 2 is 1.86 bits per heavy atom. The number of carbonyl (C=O) groups excluding carboxylic acids is 1. The van der Waals surface area contributed by atoms with Crippen LogP contribution in [0.2, 0.25) is 0 Å². The number of rotatable bonds is 8. The molecule has 0 spiro atoms. The number of anilines is 1. The van der Waals surface area contributed by atoms with E-state index in [-0.39, 0.29) is 11.7 Å². The molecule has 4 nitrogen and oxygen atoms in total. The first-order valence-corrected chi connectivity index (χ1v) is 10.9. The van der Waals surface area contributed by atoms with Crippen molar-refractivity contribution < 1.29 is 4.79 Å². The van der Waals surface area contributed by atoms with E-state index in [0.29, 0.717) is 17.7 Å². The van der Waals surface area contributed by atoms with Gasteiger partial charge in [0, 0.05) is 31.4 Å². The van der Waals surface area contributed by atoms with Crippen molar-refractivity contribution in [2.75, 3.05) is 37.6 Å². The third-order valence-electron chi connectivity index (χ3n) is 6.17. The van der Waals surface area contributed by atoms with Gasteiger partial charge in [-0.3, -0.25) is 4.79 Å². The molecule has 1 aromatic carbocycles. The van der Waals surface area contributed by atoms with Crippen LogP contribution >= 0.6 is 0 Å². The van der Waals surface area contributed by atoms with Crippen molar-refractivity contribution in [1.29, 1.82) is 0 Å². The average molecular weight is 384 g/mol. The third kappa shape index (κ3) is 4.78. The van der Waals surface area contributed by atoms with Gasteiger partial charge in [-0.1, -0.05) is 38.6 Å². The first kappa shape index (κ1) is 20.9. The lowest BCUT2D eigenvalue weighted by molar-refractivity contribution is -0.117. The van der Waals surface area contributed by atoms with Crippen LogP contribution in [0, 0.1) is 11.8 Å². The summed E-state index contributed by atoms with van der Waals surface area (Å²) >= 11 is 0. The number of allylic oxidation sites excluding steroid dienone is 1. The van der Waals surface area contributed by atoms with Crippen LogP contribution in [0.15, 0.2) is 36.5 Å². The van der Waals surface area contributed by atoms with E-state index in [1.807, 2.05) is 6.07 Å². The quantitative estimate of drug-likeness (QED) is 0.687. The predicted molar refractivity (Wildman–Crippen MR) is 118 cm³/mol. The van der Waals surface area contributed by atoms with Crippen LogP contribution in [0.1, 0.15) is 52.0 Å². The Labute approximate surface area is 171 Å². The molecule has 1 fully saturated rings. The van der Waals surface area contributed by atoms with Crippen molar-refractivity contribution in [3.8, 4) is 0 Å². The van der Waals surface area contributed by atoms with Crippen molar-refractivity contribution in [2.24, 2.45) is 11.8 Å². The van der Waals surface area contributed by atoms with Crippen molar-refractivity contribution in [1.82, 2.24) is 10.2 Å². The van der Waals surface area contributed by atoms with Gasteiger partial charge in [-0.15, -0.1) is 0 Å². The first-order valence-electron chi connectivity index (χ1n) is 10.9. The van der Waals surface area contributed by atoms with E-state index in [1.165, 1.54) is 38.2 Å². The molecule has 2 aliphatic rings. The summed E-state index contributed by atoms with van der Waals surface area (Å²) in [5, 5.41) is 3.38. The topological polar surface area (TPSA) is 35.6 Å². The maximum Gasteiger partial charge on any atom is 0.187 e. The lowest BCUT2D eigenvalue weighted by Crippen LogP contribution is -2.39. The zero-order valence-corrected chi connectivity index (χ0v) is 18.1. The zero-order chi connectivity index (χ0) is 20.3. The van der Waals surface area contributed by atoms with Crippen LogP contribution in [0.3, 0.4) is 0 Å². The molecule has 1 atom stereocenters. The molecule has 3 rings (SSSR count). The molecule has 28 heavy (non-hydrogen) atoms. The monoisotopic (exact) mass is 383 g/mol. The van der Waals surface area contributed by atoms with Gasteiger partial charge >= 0.3 is 0 Å². The molecule has 0 amide bonds. The summed E-state index contributed by atoms with van der Waals surface area (Å²) in [6.07, 6.45) is 2.41. The SMILES string of the molecule is C=C(NCC1CCN(CC(C)C)CC1)C(=O)C1CN(C(C)C)c2ccccc21. The van der Waals surface area contributed by atoms with Crippen molar-refractivity contribution in [2.45, 2.75) is 52.5 Å². The van der Waals surface area contributed by atoms with Crippen molar-refractivity contribution in [3.63, 3.8) is 0 Å². The molecule has 1 aromatic rings. The maximum absolute atomic E-state index is 13.1. The number of nitrogens with one attached hydrogen (secondary N) is 1. The van der Waals surface area contributed by atoms with E-state index < -0.39 is 0 Å². The van der Waals surface area contributed by atoms with Gasteiger partial charge in [0.15, 0.2) is 5.78 Å². The molecule has 1 saturated heterocycles. The van der Waals surface area contributed by atoms with Crippen LogP contribution in [0.4, 0.5) is 5.69 Å². The molecule has 2 aliphatic heterocycles. The standard InChI is InChI=1S/C24H37N3O/c1-17(2)15-26-12-10-20(11-13-26)14-25-19(5)24(28)22-16-27(18(3)4)23-9-7-6-8-21(22)23/h6-9,17-18,20,22,25H,5,10-16H2,1-4H3. The van der Waals surface area contributed by atoms with Gasteiger partial charge in [-0.25, -0.2) is 0 Å². The average Bonchev–Trinajstić information content (AvgIpc) is 3.06. The molecule has 0 aromatic heterocycles. The van der Waals surface area contributed by atoms with Crippen molar-refractivity contribution in [3.05, 3.63) is 42.1 Å². The van der Waals surface area contributed by atoms with Gasteiger partial charge in [-0.05, 0) is 63.2 Å². The van der Waals surface area contributed by atoms with Crippen molar-refractivity contribution >= 4 is 11.5 Å². The fourth-order valence-corrected chi connectivity index (χ4v) is 4.60. The molecular weight excluding hydrogens is 346 g/mol. The predicted octanol–water partition coefficient (Wildman–Crippen LogP) is 4.04. The molecule has 1 unspecified atom stereocenters. The fraction of sp³-hybridized carbons (Fsp3) is 0.625. The van der Waals surface area contributed by atoms with Gasteiger partial charge in [0.2, 0.25) is 0 Å². The molecule has 2 heterocycles. The number of fused-ring (bicyclic) bond motifs is 1. The Balaban J connectivity index is 1.53. The van der Waals surface area contributed by atoms with Crippen LogP contribution in [-0.4, -0.2) is 49.4 Å². The number of carbonyl (C=O) groups is 1. The minimum absolute atomic E-state index is 0.105. The van der Waals surface area contributed by atoms with Crippen LogP contribution in [-0.2, 0) is 4.79 Å². The minimum Gasteiger partial charge on any atom is -0.382 e. The summed E-state index contributed by atoms with van der Waals surface area (Å²) < 4.78 is 0. The van der Waals surface area contributed by atoms with E-state index in [4.69, 9.17) is 0 Å². The van der Waals surface area contributed by atoms with Gasteiger partial charge in [0.1, 0.15) is 0 Å². The van der Waals surface area contributed by atoms with Gasteiger partial charge in [0.25, 0.3) is 0 Å². The second-order valence-electron chi connectivity index (χ2n) is 9.22. The molecule has 0 aliphatic carbocycles. The molecule has 4 heteroatoms. The summed E-state index contributed by atoms with van der Waals surface area (Å²) in [5.74, 6) is 1.40. The normalized spacial score (nSPS) is 20.6. The number of hydrogen-bond donors (Lipinski definition) is 1. The number of ketones is 1. The molecule has 0 saturated carbocycles. The van der Waals surface area contributed by atoms with E-state index >= 15 is 0 Å². The highest BCUT2D eigenvalue weighted by molar-refractivity contribution is 6.01. The molecule has 1 N–H and O–H groups in total. The van der Waals surface area contributed by atoms with Crippen LogP contribution in [0.25, 0.3) is 0 Å². The highest BCUT2D eigenvalue weighted by Crippen LogP contribution is 2.38. The van der Waals surface area contributed by atoms with E-state index in [2.05, 4.69) is 67.6 Å². The number of hydrogen-bond acceptors (Lipinski definition) is 4. The number of piperidine rings is 1. The van der Waals surface area contributed by atoms with Crippen LogP contribution < -0.4 is 10.2 Å². The first-order chi connectivity index (χ1) is 13.4. The van der Waals surface area contributed by atoms with E-state index in [0.717, 1.165) is 24.6 Å². The highest BCUT2D eigenvalue weighted by atomic mass is 16.1. The Kier molecular flexibility index (Phi) is 6.82. The Morgan fingerprint density at radius 3 is 2.50 bits per heavy atom. The zero-order valence-electron chi connectivity index (χ0n) is 18.1. The second kappa shape index (κ2) is 9.13. The maximum atomic E-state index is 13.1. The summed E-state index contributed by atoms with van der Waals surface area (Å²) in [5.41, 5.74) is 2.92. The molecule has 154 valence electrons. The number of likely N-dealkylation sites (tertiary alicyclic amines) is 1. The number of nitrogens with zero attached hydrogens (tertiary/aromatic N) is 2. The Hall–Kier alpha value is -1.81. The molecular formula is C24H37N3O. The number of para-hydroxylation sites is 1. The Bertz CT molecular complexity index is 689. The smallest absolute Gasteiger partial charge is 0.187 e. The van der Waals surface area contributed by atoms with Gasteiger partial charge in [0.05, 0.1) is 11.6 Å². The summed E-state index contributed by atoms with van der Waals surface area (Å²) in [6.45, 7) is 18.2. The van der Waals surface area contributed by atoms with E-state index in [9.17, 15) is 4.79 Å². The summed E-state index contributed by atoms with van der Waals surface area (Å²) in [6, 6.07) is 8.70. The van der Waals surface area contributed by atoms with E-state index in [1.54, 1.807) is 0 Å². The number of benzene rings is 1. The minimum atomic E-state index is -0.105. The summed E-state index contributed by atoms with van der Waals surface area (Å²) in [4.78, 5) is 18.0. The molecule has 0 bridgehead atoms. The van der Waals surface area contributed by atoms with Crippen LogP contribution in [0.5, 0.6) is 0 Å². The third-order valence-corrected chi connectivity index (χ3v) is 6.17. The fourth-order valence-electron chi connectivity index (χ4n) is 4.60. The molecule has 0 radical (unpaired) electrons. The highest BCUT2D eigenvalue weighted by Gasteiger charge is 2.35. The van der Waals surface area contributed by atoms with Gasteiger partial charge < -0.3 is 15.1 Å².